The summed E-state index contributed by atoms with van der Waals surface area (Å²) < 4.78 is 28.7. The molecule has 0 radical (unpaired) electrons. The smallest absolute Gasteiger partial charge is 0.295 e. The molecule has 22 heteroatoms. The van der Waals surface area contributed by atoms with Gasteiger partial charge in [0.1, 0.15) is 18.7 Å². The molecule has 0 spiro atoms. The maximum absolute atomic E-state index is 13.8. The van der Waals surface area contributed by atoms with Crippen LogP contribution >= 0.6 is 0 Å². The van der Waals surface area contributed by atoms with E-state index >= 15 is 0 Å². The Morgan fingerprint density at radius 2 is 1.48 bits per heavy atom. The minimum atomic E-state index is -1.24. The lowest BCUT2D eigenvalue weighted by Gasteiger charge is -2.41. The van der Waals surface area contributed by atoms with Crippen molar-refractivity contribution in [1.82, 2.24) is 49.6 Å². The average molecular weight is 1010 g/mol. The topological polar surface area (TPSA) is 266 Å². The maximum Gasteiger partial charge on any atom is 0.295 e. The van der Waals surface area contributed by atoms with Crippen LogP contribution in [0.3, 0.4) is 0 Å². The first kappa shape index (κ1) is 56.2. The summed E-state index contributed by atoms with van der Waals surface area (Å²) in [5, 5.41) is 48.3. The summed E-state index contributed by atoms with van der Waals surface area (Å²) in [4.78, 5) is 60.6. The zero-order valence-electron chi connectivity index (χ0n) is 41.7. The Morgan fingerprint density at radius 1 is 0.849 bits per heavy atom. The van der Waals surface area contributed by atoms with Gasteiger partial charge < -0.3 is 59.1 Å². The number of methoxy groups -OCH3 is 1. The number of nitriles is 1. The van der Waals surface area contributed by atoms with Gasteiger partial charge in [-0.2, -0.15) is 9.94 Å². The third-order valence-electron chi connectivity index (χ3n) is 13.1. The van der Waals surface area contributed by atoms with Crippen molar-refractivity contribution in [2.45, 2.75) is 31.2 Å². The van der Waals surface area contributed by atoms with Crippen molar-refractivity contribution in [2.75, 3.05) is 152 Å². The largest absolute Gasteiger partial charge is 0.494 e. The second-order valence-electron chi connectivity index (χ2n) is 17.6. The highest BCUT2D eigenvalue weighted by molar-refractivity contribution is 6.45. The molecule has 0 atom stereocenters. The number of nitrogens with one attached hydrogen (secondary N) is 2. The van der Waals surface area contributed by atoms with Gasteiger partial charge in [0, 0.05) is 71.6 Å². The number of amides is 2. The molecule has 6 rings (SSSR count). The van der Waals surface area contributed by atoms with Crippen LogP contribution in [0.4, 0.5) is 0 Å². The van der Waals surface area contributed by atoms with E-state index in [1.165, 1.54) is 35.4 Å². The quantitative estimate of drug-likeness (QED) is 0.0153. The predicted molar refractivity (Wildman–Crippen MR) is 269 cm³/mol. The van der Waals surface area contributed by atoms with Gasteiger partial charge in [0.2, 0.25) is 5.82 Å². The fraction of sp³-hybridized carbons (Fsp3) is 0.549. The highest BCUT2D eigenvalue weighted by Gasteiger charge is 2.35. The number of aliphatic hydroxyl groups excluding tert-OH is 3. The standard InChI is InChI=1S/C51H69N11O11/c1-3-24-70-26-28-72-30-31-73-29-27-71-25-23-59-21-19-58(20-22-59)14-8-16-61(51(35-63,36-64)37-65)15-7-13-53-49(67)47-56-38-62(57-47)48-45-44(43(69-2)34-55-48)42(33-54-45)46(66)50(68)60-17-11-40(12-18-60)41(32-52)39-9-5-4-6-10-39/h1,4-6,9-10,33-34,38,54,63-65H,7-8,11-31,35-37H2,2H3,(H,53,67). The van der Waals surface area contributed by atoms with Crippen molar-refractivity contribution in [1.29, 1.82) is 5.26 Å². The first-order chi connectivity index (χ1) is 35.7. The summed E-state index contributed by atoms with van der Waals surface area (Å²) in [6.07, 6.45) is 11.4. The number of piperidine rings is 1. The third kappa shape index (κ3) is 15.4. The van der Waals surface area contributed by atoms with Gasteiger partial charge in [0.25, 0.3) is 17.6 Å². The molecule has 4 aromatic rings. The number of fused-ring (bicyclic) bond motifs is 1. The molecule has 3 aromatic heterocycles. The van der Waals surface area contributed by atoms with Crippen LogP contribution in [-0.2, 0) is 23.7 Å². The number of nitrogens with zero attached hydrogens (tertiary/aromatic N) is 9. The van der Waals surface area contributed by atoms with Crippen molar-refractivity contribution in [3.8, 4) is 30.0 Å². The predicted octanol–water partition coefficient (Wildman–Crippen LogP) is 0.780. The summed E-state index contributed by atoms with van der Waals surface area (Å²) in [5.41, 5.74) is 1.51. The van der Waals surface area contributed by atoms with Gasteiger partial charge >= 0.3 is 0 Å². The second kappa shape index (κ2) is 29.5. The van der Waals surface area contributed by atoms with Gasteiger partial charge in [0.05, 0.1) is 113 Å². The van der Waals surface area contributed by atoms with Gasteiger partial charge in [-0.1, -0.05) is 36.3 Å². The molecule has 73 heavy (non-hydrogen) atoms. The summed E-state index contributed by atoms with van der Waals surface area (Å²) in [6.45, 7) is 9.35. The summed E-state index contributed by atoms with van der Waals surface area (Å²) in [7, 11) is 1.43. The number of piperazine rings is 1. The number of ether oxygens (including phenoxy) is 5. The molecule has 2 aliphatic rings. The first-order valence-electron chi connectivity index (χ1n) is 24.7. The highest BCUT2D eigenvalue weighted by Crippen LogP contribution is 2.33. The van der Waals surface area contributed by atoms with Gasteiger partial charge in [-0.15, -0.1) is 11.5 Å². The number of benzene rings is 1. The second-order valence-corrected chi connectivity index (χ2v) is 17.6. The third-order valence-corrected chi connectivity index (χ3v) is 13.1. The lowest BCUT2D eigenvalue weighted by molar-refractivity contribution is -0.126. The molecular formula is C51H69N11O11. The lowest BCUT2D eigenvalue weighted by atomic mass is 9.93. The molecule has 5 N–H and O–H groups in total. The number of hydrogen-bond donors (Lipinski definition) is 5. The fourth-order valence-electron chi connectivity index (χ4n) is 8.82. The average Bonchev–Trinajstić information content (AvgIpc) is 4.11. The molecule has 5 heterocycles. The van der Waals surface area contributed by atoms with Gasteiger partial charge in [-0.05, 0) is 43.4 Å². The van der Waals surface area contributed by atoms with Crippen molar-refractivity contribution in [2.24, 2.45) is 0 Å². The SMILES string of the molecule is C#CCOCCOCCOCCOCCN1CCN(CCCN(CCCNC(=O)c2ncn(-c3ncc(OC)c4c(C(=O)C(=O)N5CCC(=C(C#N)c6ccccc6)CC5)c[nH]c34)n2)C(CO)(CO)CO)CC1. The number of allylic oxidation sites excluding steroid dienone is 1. The van der Waals surface area contributed by atoms with Crippen molar-refractivity contribution in [3.63, 3.8) is 0 Å². The van der Waals surface area contributed by atoms with Gasteiger partial charge in [0.15, 0.2) is 5.82 Å². The van der Waals surface area contributed by atoms with Gasteiger partial charge in [-0.25, -0.2) is 9.97 Å². The molecule has 2 saturated heterocycles. The van der Waals surface area contributed by atoms with E-state index in [0.717, 1.165) is 56.8 Å². The Morgan fingerprint density at radius 3 is 2.11 bits per heavy atom. The number of hydrogen-bond acceptors (Lipinski definition) is 18. The summed E-state index contributed by atoms with van der Waals surface area (Å²) in [6, 6.07) is 11.7. The molecule has 0 aliphatic carbocycles. The minimum absolute atomic E-state index is 0.0809. The van der Waals surface area contributed by atoms with Crippen LogP contribution in [0.1, 0.15) is 52.2 Å². The zero-order chi connectivity index (χ0) is 51.8. The van der Waals surface area contributed by atoms with Crippen molar-refractivity contribution < 1.29 is 53.4 Å². The molecule has 0 saturated carbocycles. The van der Waals surface area contributed by atoms with E-state index in [0.29, 0.717) is 95.1 Å². The van der Waals surface area contributed by atoms with Crippen LogP contribution in [0.25, 0.3) is 22.3 Å². The van der Waals surface area contributed by atoms with Crippen LogP contribution < -0.4 is 10.1 Å². The number of carbonyl (C=O) groups is 3. The van der Waals surface area contributed by atoms with E-state index in [-0.39, 0.29) is 49.2 Å². The molecule has 2 amide bonds. The highest BCUT2D eigenvalue weighted by atomic mass is 16.6. The number of pyridine rings is 1. The van der Waals surface area contributed by atoms with Crippen molar-refractivity contribution in [3.05, 3.63) is 71.6 Å². The normalized spacial score (nSPS) is 14.6. The molecule has 1 aromatic carbocycles. The number of aromatic amines is 1. The number of Topliss-reactive ketones (excluding diaryl/α,β-unsaturated/α-hetero) is 1. The Balaban J connectivity index is 0.939. The Labute approximate surface area is 425 Å². The van der Waals surface area contributed by atoms with E-state index in [9.17, 15) is 35.0 Å². The number of aliphatic hydroxyl groups is 3. The lowest BCUT2D eigenvalue weighted by Crippen LogP contribution is -2.58. The number of terminal acetylenes is 1. The molecule has 0 bridgehead atoms. The monoisotopic (exact) mass is 1010 g/mol. The Kier molecular flexibility index (Phi) is 22.7. The number of likely N-dealkylation sites (tertiary alicyclic amines) is 1. The zero-order valence-corrected chi connectivity index (χ0v) is 41.7. The van der Waals surface area contributed by atoms with E-state index in [1.54, 1.807) is 0 Å². The molecule has 394 valence electrons. The van der Waals surface area contributed by atoms with Crippen LogP contribution in [0.5, 0.6) is 5.75 Å². The number of aromatic nitrogens is 5. The van der Waals surface area contributed by atoms with Crippen molar-refractivity contribution >= 4 is 34.1 Å². The summed E-state index contributed by atoms with van der Waals surface area (Å²) >= 11 is 0. The molecule has 2 fully saturated rings. The van der Waals surface area contributed by atoms with Crippen LogP contribution in [0.15, 0.2) is 54.6 Å². The molecule has 2 aliphatic heterocycles. The van der Waals surface area contributed by atoms with Crippen LogP contribution in [-0.4, -0.2) is 235 Å². The van der Waals surface area contributed by atoms with E-state index < -0.39 is 43.0 Å². The van der Waals surface area contributed by atoms with Crippen LogP contribution in [0, 0.1) is 23.7 Å². The number of carbonyl (C=O) groups excluding carboxylic acids is 3. The molecule has 0 unspecified atom stereocenters. The maximum atomic E-state index is 13.8. The number of rotatable bonds is 31. The number of ketones is 1. The van der Waals surface area contributed by atoms with E-state index in [1.807, 2.05) is 35.2 Å². The Hall–Kier alpha value is -6.15. The van der Waals surface area contributed by atoms with E-state index in [2.05, 4.69) is 47.2 Å². The first-order valence-corrected chi connectivity index (χ1v) is 24.7. The Bertz CT molecular complexity index is 2470. The molecular weight excluding hydrogens is 943 g/mol. The summed E-state index contributed by atoms with van der Waals surface area (Å²) in [5.74, 6) is 0.740. The van der Waals surface area contributed by atoms with E-state index in [4.69, 9.17) is 30.1 Å². The minimum Gasteiger partial charge on any atom is -0.494 e. The molecule has 22 nitrogen and oxygen atoms in total. The van der Waals surface area contributed by atoms with Crippen LogP contribution in [0.2, 0.25) is 0 Å². The fourth-order valence-corrected chi connectivity index (χ4v) is 8.82. The number of H-pyrrole nitrogens is 1. The van der Waals surface area contributed by atoms with Gasteiger partial charge in [-0.3, -0.25) is 24.2 Å².